The first-order chi connectivity index (χ1) is 14.0. The third kappa shape index (κ3) is 5.69. The predicted molar refractivity (Wildman–Crippen MR) is 120 cm³/mol. The zero-order valence-electron chi connectivity index (χ0n) is 17.8. The summed E-state index contributed by atoms with van der Waals surface area (Å²) in [6.07, 6.45) is 10.3. The predicted octanol–water partition coefficient (Wildman–Crippen LogP) is 6.58. The van der Waals surface area contributed by atoms with Crippen LogP contribution >= 0.6 is 0 Å². The molecule has 2 nitrogen and oxygen atoms in total. The Balaban J connectivity index is 1.67. The summed E-state index contributed by atoms with van der Waals surface area (Å²) in [5, 5.41) is 0. The largest absolute Gasteiger partial charge is 0.459 e. The van der Waals surface area contributed by atoms with Crippen LogP contribution in [0.25, 0.3) is 6.08 Å². The van der Waals surface area contributed by atoms with Gasteiger partial charge < -0.3 is 4.74 Å². The summed E-state index contributed by atoms with van der Waals surface area (Å²) in [4.78, 5) is 12.5. The van der Waals surface area contributed by atoms with E-state index in [0.717, 1.165) is 18.4 Å². The zero-order chi connectivity index (χ0) is 20.7. The van der Waals surface area contributed by atoms with Crippen LogP contribution in [0.3, 0.4) is 0 Å². The van der Waals surface area contributed by atoms with Gasteiger partial charge in [-0.1, -0.05) is 106 Å². The summed E-state index contributed by atoms with van der Waals surface area (Å²) in [7, 11) is 0. The first kappa shape index (κ1) is 21.1. The standard InChI is InChI=1S/C27H32O2/c1-21-18-19-24(27(2,3)23-15-8-5-9-16-23)25(20-21)29-26(28)17-11-10-14-22-12-6-4-7-13-22/h4-17,21,24-25H,18-20H2,1-3H3/b14-10+,17-11+/t21-,24-,25-/m1/s1. The molecule has 0 unspecified atom stereocenters. The quantitative estimate of drug-likeness (QED) is 0.317. The van der Waals surface area contributed by atoms with Crippen molar-refractivity contribution >= 4 is 12.0 Å². The number of benzene rings is 2. The van der Waals surface area contributed by atoms with E-state index in [1.807, 2.05) is 48.6 Å². The Bertz CT molecular complexity index is 833. The van der Waals surface area contributed by atoms with Crippen molar-refractivity contribution in [3.63, 3.8) is 0 Å². The lowest BCUT2D eigenvalue weighted by molar-refractivity contribution is -0.150. The van der Waals surface area contributed by atoms with Crippen molar-refractivity contribution < 1.29 is 9.53 Å². The van der Waals surface area contributed by atoms with Gasteiger partial charge in [-0.15, -0.1) is 0 Å². The highest BCUT2D eigenvalue weighted by Gasteiger charge is 2.41. The highest BCUT2D eigenvalue weighted by Crippen LogP contribution is 2.43. The van der Waals surface area contributed by atoms with Gasteiger partial charge in [0.05, 0.1) is 0 Å². The van der Waals surface area contributed by atoms with Gasteiger partial charge in [-0.3, -0.25) is 0 Å². The van der Waals surface area contributed by atoms with Crippen molar-refractivity contribution in [2.45, 2.75) is 51.6 Å². The Kier molecular flexibility index (Phi) is 7.09. The van der Waals surface area contributed by atoms with E-state index in [1.165, 1.54) is 18.1 Å². The van der Waals surface area contributed by atoms with Gasteiger partial charge in [0.1, 0.15) is 6.10 Å². The molecule has 3 atom stereocenters. The van der Waals surface area contributed by atoms with Crippen molar-refractivity contribution in [2.24, 2.45) is 11.8 Å². The molecular formula is C27H32O2. The summed E-state index contributed by atoms with van der Waals surface area (Å²) in [5.41, 5.74) is 2.38. The van der Waals surface area contributed by atoms with Crippen molar-refractivity contribution in [3.8, 4) is 0 Å². The van der Waals surface area contributed by atoms with Crippen LogP contribution in [0.1, 0.15) is 51.2 Å². The number of hydrogen-bond donors (Lipinski definition) is 0. The minimum absolute atomic E-state index is 0.0384. The fraction of sp³-hybridized carbons (Fsp3) is 0.370. The van der Waals surface area contributed by atoms with Gasteiger partial charge in [0, 0.05) is 12.0 Å². The van der Waals surface area contributed by atoms with Crippen LogP contribution < -0.4 is 0 Å². The van der Waals surface area contributed by atoms with E-state index >= 15 is 0 Å². The molecule has 0 N–H and O–H groups in total. The molecule has 3 rings (SSSR count). The molecule has 0 bridgehead atoms. The molecule has 0 aromatic heterocycles. The van der Waals surface area contributed by atoms with E-state index in [-0.39, 0.29) is 17.5 Å². The second-order valence-electron chi connectivity index (χ2n) is 8.72. The van der Waals surface area contributed by atoms with E-state index in [0.29, 0.717) is 11.8 Å². The van der Waals surface area contributed by atoms with E-state index < -0.39 is 0 Å². The lowest BCUT2D eigenvalue weighted by atomic mass is 9.64. The molecule has 0 heterocycles. The van der Waals surface area contributed by atoms with Gasteiger partial charge in [-0.2, -0.15) is 0 Å². The molecule has 152 valence electrons. The molecule has 1 aliphatic rings. The van der Waals surface area contributed by atoms with Crippen LogP contribution in [0, 0.1) is 11.8 Å². The van der Waals surface area contributed by atoms with Crippen molar-refractivity contribution in [1.82, 2.24) is 0 Å². The summed E-state index contributed by atoms with van der Waals surface area (Å²) >= 11 is 0. The van der Waals surface area contributed by atoms with Crippen molar-refractivity contribution in [1.29, 1.82) is 0 Å². The number of carbonyl (C=O) groups is 1. The highest BCUT2D eigenvalue weighted by molar-refractivity contribution is 5.82. The Morgan fingerprint density at radius 2 is 1.62 bits per heavy atom. The Labute approximate surface area is 175 Å². The number of allylic oxidation sites excluding steroid dienone is 2. The lowest BCUT2D eigenvalue weighted by Crippen LogP contribution is -2.43. The molecule has 0 radical (unpaired) electrons. The molecule has 2 aromatic rings. The Morgan fingerprint density at radius 3 is 2.31 bits per heavy atom. The Morgan fingerprint density at radius 1 is 0.966 bits per heavy atom. The summed E-state index contributed by atoms with van der Waals surface area (Å²) < 4.78 is 5.97. The van der Waals surface area contributed by atoms with E-state index in [4.69, 9.17) is 4.74 Å². The topological polar surface area (TPSA) is 26.3 Å². The zero-order valence-corrected chi connectivity index (χ0v) is 17.8. The first-order valence-electron chi connectivity index (χ1n) is 10.6. The average molecular weight is 389 g/mol. The third-order valence-corrected chi connectivity index (χ3v) is 6.20. The van der Waals surface area contributed by atoms with Crippen LogP contribution in [0.2, 0.25) is 0 Å². The number of hydrogen-bond acceptors (Lipinski definition) is 2. The van der Waals surface area contributed by atoms with Crippen LogP contribution in [0.4, 0.5) is 0 Å². The second-order valence-corrected chi connectivity index (χ2v) is 8.72. The van der Waals surface area contributed by atoms with Gasteiger partial charge in [-0.25, -0.2) is 4.79 Å². The fourth-order valence-electron chi connectivity index (χ4n) is 4.42. The fourth-order valence-corrected chi connectivity index (χ4v) is 4.42. The molecular weight excluding hydrogens is 356 g/mol. The van der Waals surface area contributed by atoms with Crippen LogP contribution in [-0.4, -0.2) is 12.1 Å². The summed E-state index contributed by atoms with van der Waals surface area (Å²) in [6.45, 7) is 6.82. The van der Waals surface area contributed by atoms with Crippen LogP contribution in [0.5, 0.6) is 0 Å². The molecule has 1 aliphatic carbocycles. The molecule has 2 heteroatoms. The van der Waals surface area contributed by atoms with Gasteiger partial charge in [-0.05, 0) is 35.3 Å². The molecule has 2 aromatic carbocycles. The first-order valence-corrected chi connectivity index (χ1v) is 10.6. The molecule has 1 fully saturated rings. The van der Waals surface area contributed by atoms with Crippen molar-refractivity contribution in [3.05, 3.63) is 90.0 Å². The molecule has 0 aliphatic heterocycles. The van der Waals surface area contributed by atoms with Crippen LogP contribution in [-0.2, 0) is 14.9 Å². The minimum atomic E-state index is -0.254. The van der Waals surface area contributed by atoms with Gasteiger partial charge in [0.15, 0.2) is 0 Å². The van der Waals surface area contributed by atoms with E-state index in [9.17, 15) is 4.79 Å². The second kappa shape index (κ2) is 9.73. The van der Waals surface area contributed by atoms with Crippen LogP contribution in [0.15, 0.2) is 78.9 Å². The highest BCUT2D eigenvalue weighted by atomic mass is 16.5. The maximum Gasteiger partial charge on any atom is 0.331 e. The molecule has 0 saturated heterocycles. The number of ether oxygens (including phenoxy) is 1. The monoisotopic (exact) mass is 388 g/mol. The average Bonchev–Trinajstić information content (AvgIpc) is 2.72. The number of rotatable bonds is 6. The number of carbonyl (C=O) groups excluding carboxylic acids is 1. The van der Waals surface area contributed by atoms with E-state index in [2.05, 4.69) is 45.0 Å². The van der Waals surface area contributed by atoms with E-state index in [1.54, 1.807) is 6.08 Å². The molecule has 29 heavy (non-hydrogen) atoms. The smallest absolute Gasteiger partial charge is 0.331 e. The maximum absolute atomic E-state index is 12.5. The number of esters is 1. The molecule has 0 spiro atoms. The lowest BCUT2D eigenvalue weighted by Gasteiger charge is -2.43. The van der Waals surface area contributed by atoms with Gasteiger partial charge in [0.2, 0.25) is 0 Å². The minimum Gasteiger partial charge on any atom is -0.459 e. The van der Waals surface area contributed by atoms with Gasteiger partial charge in [0.25, 0.3) is 0 Å². The maximum atomic E-state index is 12.5. The summed E-state index contributed by atoms with van der Waals surface area (Å²) in [6, 6.07) is 20.6. The molecule has 0 amide bonds. The Hall–Kier alpha value is -2.61. The van der Waals surface area contributed by atoms with Crippen molar-refractivity contribution in [2.75, 3.05) is 0 Å². The molecule has 1 saturated carbocycles. The third-order valence-electron chi connectivity index (χ3n) is 6.20. The SMILES string of the molecule is C[C@@H]1CC[C@@H](C(C)(C)c2ccccc2)[C@H](OC(=O)/C=C/C=C/c2ccccc2)C1. The summed E-state index contributed by atoms with van der Waals surface area (Å²) in [5.74, 6) is 0.645. The van der Waals surface area contributed by atoms with Gasteiger partial charge >= 0.3 is 5.97 Å². The normalized spacial score (nSPS) is 22.8.